The van der Waals surface area contributed by atoms with Gasteiger partial charge in [0.05, 0.1) is 4.90 Å². The third-order valence-corrected chi connectivity index (χ3v) is 4.59. The van der Waals surface area contributed by atoms with Gasteiger partial charge in [0.25, 0.3) is 0 Å². The number of aryl methyl sites for hydroxylation is 1. The van der Waals surface area contributed by atoms with E-state index in [4.69, 9.17) is 0 Å². The molecule has 2 rings (SSSR count). The lowest BCUT2D eigenvalue weighted by Crippen LogP contribution is -2.21. The van der Waals surface area contributed by atoms with Gasteiger partial charge >= 0.3 is 0 Å². The largest absolute Gasteiger partial charge is 0.344 e. The SMILES string of the molecule is Cc1ccc(-c2ccc(S(C)(=O)=O)cc2)n1CC(C)(C)S. The van der Waals surface area contributed by atoms with E-state index < -0.39 is 9.84 Å². The van der Waals surface area contributed by atoms with Crippen LogP contribution in [0.4, 0.5) is 0 Å². The number of thiol groups is 1. The molecule has 0 aliphatic heterocycles. The Morgan fingerprint density at radius 2 is 1.67 bits per heavy atom. The lowest BCUT2D eigenvalue weighted by atomic mass is 10.1. The van der Waals surface area contributed by atoms with Crippen LogP contribution < -0.4 is 0 Å². The van der Waals surface area contributed by atoms with Gasteiger partial charge in [0.2, 0.25) is 0 Å². The fourth-order valence-corrected chi connectivity index (χ4v) is 3.06. The Kier molecular flexibility index (Phi) is 4.26. The van der Waals surface area contributed by atoms with Gasteiger partial charge in [-0.05, 0) is 50.6 Å². The maximum atomic E-state index is 11.5. The molecule has 0 saturated heterocycles. The molecule has 1 aromatic carbocycles. The summed E-state index contributed by atoms with van der Waals surface area (Å²) in [7, 11) is -3.15. The summed E-state index contributed by atoms with van der Waals surface area (Å²) >= 11 is 4.60. The summed E-state index contributed by atoms with van der Waals surface area (Å²) in [5.74, 6) is 0. The van der Waals surface area contributed by atoms with Crippen molar-refractivity contribution < 1.29 is 8.42 Å². The minimum atomic E-state index is -3.15. The molecule has 21 heavy (non-hydrogen) atoms. The second-order valence-corrected chi connectivity index (χ2v) is 9.28. The van der Waals surface area contributed by atoms with Crippen molar-refractivity contribution in [2.45, 2.75) is 37.0 Å². The molecule has 1 heterocycles. The molecule has 5 heteroatoms. The number of aromatic nitrogens is 1. The smallest absolute Gasteiger partial charge is 0.175 e. The van der Waals surface area contributed by atoms with Crippen molar-refractivity contribution in [3.8, 4) is 11.3 Å². The second-order valence-electron chi connectivity index (χ2n) is 6.06. The molecule has 0 radical (unpaired) electrons. The fourth-order valence-electron chi connectivity index (χ4n) is 2.29. The van der Waals surface area contributed by atoms with E-state index in [9.17, 15) is 8.42 Å². The Morgan fingerprint density at radius 1 is 1.10 bits per heavy atom. The molecule has 3 nitrogen and oxygen atoms in total. The zero-order chi connectivity index (χ0) is 15.8. The topological polar surface area (TPSA) is 39.1 Å². The molecule has 0 unspecified atom stereocenters. The van der Waals surface area contributed by atoms with Crippen LogP contribution in [-0.4, -0.2) is 24.0 Å². The molecular formula is C16H21NO2S2. The van der Waals surface area contributed by atoms with Gasteiger partial charge in [-0.3, -0.25) is 0 Å². The van der Waals surface area contributed by atoms with Crippen LogP contribution in [-0.2, 0) is 16.4 Å². The summed E-state index contributed by atoms with van der Waals surface area (Å²) in [6.07, 6.45) is 1.22. The lowest BCUT2D eigenvalue weighted by molar-refractivity contribution is 0.568. The highest BCUT2D eigenvalue weighted by atomic mass is 32.2. The van der Waals surface area contributed by atoms with Crippen molar-refractivity contribution in [2.75, 3.05) is 6.26 Å². The predicted octanol–water partition coefficient (Wildman–Crippen LogP) is 3.58. The Hall–Kier alpha value is -1.20. The highest BCUT2D eigenvalue weighted by molar-refractivity contribution is 7.90. The van der Waals surface area contributed by atoms with Crippen LogP contribution >= 0.6 is 12.6 Å². The van der Waals surface area contributed by atoms with Crippen LogP contribution in [0.2, 0.25) is 0 Å². The first-order valence-corrected chi connectivity index (χ1v) is 9.11. The van der Waals surface area contributed by atoms with Gasteiger partial charge in [-0.15, -0.1) is 0 Å². The first kappa shape index (κ1) is 16.2. The molecule has 2 aromatic rings. The van der Waals surface area contributed by atoms with Crippen molar-refractivity contribution in [3.05, 3.63) is 42.1 Å². The molecule has 0 amide bonds. The number of hydrogen-bond donors (Lipinski definition) is 1. The standard InChI is InChI=1S/C16H21NO2S2/c1-12-5-10-15(17(12)11-16(2,3)20)13-6-8-14(9-7-13)21(4,18)19/h5-10,20H,11H2,1-4H3. The molecule has 0 aliphatic rings. The Morgan fingerprint density at radius 3 is 2.14 bits per heavy atom. The van der Waals surface area contributed by atoms with Gasteiger partial charge in [-0.2, -0.15) is 12.6 Å². The molecular weight excluding hydrogens is 302 g/mol. The van der Waals surface area contributed by atoms with E-state index in [0.717, 1.165) is 17.8 Å². The first-order chi connectivity index (χ1) is 9.58. The van der Waals surface area contributed by atoms with E-state index in [0.29, 0.717) is 4.90 Å². The van der Waals surface area contributed by atoms with Crippen LogP contribution in [0, 0.1) is 6.92 Å². The Labute approximate surface area is 132 Å². The summed E-state index contributed by atoms with van der Waals surface area (Å²) in [6, 6.07) is 11.1. The van der Waals surface area contributed by atoms with E-state index in [1.54, 1.807) is 12.1 Å². The van der Waals surface area contributed by atoms with E-state index in [1.165, 1.54) is 11.9 Å². The van der Waals surface area contributed by atoms with Crippen LogP contribution in [0.1, 0.15) is 19.5 Å². The Bertz CT molecular complexity index is 736. The van der Waals surface area contributed by atoms with E-state index in [-0.39, 0.29) is 4.75 Å². The van der Waals surface area contributed by atoms with Crippen LogP contribution in [0.15, 0.2) is 41.3 Å². The first-order valence-electron chi connectivity index (χ1n) is 6.77. The number of hydrogen-bond acceptors (Lipinski definition) is 3. The highest BCUT2D eigenvalue weighted by Gasteiger charge is 2.17. The second kappa shape index (κ2) is 5.54. The van der Waals surface area contributed by atoms with Gasteiger partial charge in [0, 0.05) is 28.9 Å². The van der Waals surface area contributed by atoms with Crippen LogP contribution in [0.25, 0.3) is 11.3 Å². The van der Waals surface area contributed by atoms with Crippen molar-refractivity contribution in [1.29, 1.82) is 0 Å². The molecule has 0 saturated carbocycles. The number of benzene rings is 1. The number of nitrogens with zero attached hydrogens (tertiary/aromatic N) is 1. The third kappa shape index (κ3) is 3.92. The van der Waals surface area contributed by atoms with Crippen LogP contribution in [0.5, 0.6) is 0 Å². The summed E-state index contributed by atoms with van der Waals surface area (Å²) in [4.78, 5) is 0.343. The minimum absolute atomic E-state index is 0.120. The average molecular weight is 323 g/mol. The molecule has 114 valence electrons. The van der Waals surface area contributed by atoms with Gasteiger partial charge in [0.15, 0.2) is 9.84 Å². The van der Waals surface area contributed by atoms with Gasteiger partial charge in [0.1, 0.15) is 0 Å². The molecule has 0 aliphatic carbocycles. The third-order valence-electron chi connectivity index (χ3n) is 3.32. The summed E-state index contributed by atoms with van der Waals surface area (Å²) in [5, 5.41) is 0. The quantitative estimate of drug-likeness (QED) is 0.874. The summed E-state index contributed by atoms with van der Waals surface area (Å²) < 4.78 is 25.1. The molecule has 0 N–H and O–H groups in total. The predicted molar refractivity (Wildman–Crippen MR) is 90.8 cm³/mol. The summed E-state index contributed by atoms with van der Waals surface area (Å²) in [5.41, 5.74) is 3.25. The lowest BCUT2D eigenvalue weighted by Gasteiger charge is -2.22. The average Bonchev–Trinajstić information content (AvgIpc) is 2.68. The number of rotatable bonds is 4. The molecule has 0 fully saturated rings. The zero-order valence-electron chi connectivity index (χ0n) is 12.8. The minimum Gasteiger partial charge on any atom is -0.344 e. The normalized spacial score (nSPS) is 12.6. The number of sulfone groups is 1. The van der Waals surface area contributed by atoms with E-state index in [1.807, 2.05) is 12.1 Å². The Balaban J connectivity index is 2.44. The van der Waals surface area contributed by atoms with Crippen molar-refractivity contribution in [3.63, 3.8) is 0 Å². The monoisotopic (exact) mass is 323 g/mol. The van der Waals surface area contributed by atoms with E-state index >= 15 is 0 Å². The van der Waals surface area contributed by atoms with Gasteiger partial charge in [-0.1, -0.05) is 12.1 Å². The van der Waals surface area contributed by atoms with Crippen LogP contribution in [0.3, 0.4) is 0 Å². The zero-order valence-corrected chi connectivity index (χ0v) is 14.5. The summed E-state index contributed by atoms with van der Waals surface area (Å²) in [6.45, 7) is 7.00. The van der Waals surface area contributed by atoms with Crippen molar-refractivity contribution >= 4 is 22.5 Å². The van der Waals surface area contributed by atoms with Gasteiger partial charge < -0.3 is 4.57 Å². The maximum Gasteiger partial charge on any atom is 0.175 e. The highest BCUT2D eigenvalue weighted by Crippen LogP contribution is 2.27. The molecule has 1 aromatic heterocycles. The van der Waals surface area contributed by atoms with Crippen molar-refractivity contribution in [2.24, 2.45) is 0 Å². The van der Waals surface area contributed by atoms with Gasteiger partial charge in [-0.25, -0.2) is 8.42 Å². The molecule has 0 bridgehead atoms. The molecule has 0 spiro atoms. The maximum absolute atomic E-state index is 11.5. The van der Waals surface area contributed by atoms with E-state index in [2.05, 4.69) is 50.1 Å². The fraction of sp³-hybridized carbons (Fsp3) is 0.375. The van der Waals surface area contributed by atoms with Crippen molar-refractivity contribution in [1.82, 2.24) is 4.57 Å². The molecule has 0 atom stereocenters.